The van der Waals surface area contributed by atoms with Gasteiger partial charge in [-0.2, -0.15) is 13.2 Å². The average molecular weight is 378 g/mol. The Hall–Kier alpha value is -2.48. The minimum absolute atomic E-state index is 0.195. The third-order valence-electron chi connectivity index (χ3n) is 4.88. The lowest BCUT2D eigenvalue weighted by molar-refractivity contribution is -0.141. The molecule has 4 rings (SSSR count). The van der Waals surface area contributed by atoms with Crippen molar-refractivity contribution < 1.29 is 17.6 Å². The van der Waals surface area contributed by atoms with Crippen LogP contribution in [0.4, 0.5) is 17.6 Å². The fourth-order valence-electron chi connectivity index (χ4n) is 3.59. The van der Waals surface area contributed by atoms with Crippen molar-refractivity contribution in [2.75, 3.05) is 6.54 Å². The van der Waals surface area contributed by atoms with E-state index in [0.717, 1.165) is 29.1 Å². The van der Waals surface area contributed by atoms with Crippen LogP contribution in [0.15, 0.2) is 36.7 Å². The van der Waals surface area contributed by atoms with Crippen LogP contribution in [0, 0.1) is 11.7 Å². The molecule has 2 aromatic heterocycles. The summed E-state index contributed by atoms with van der Waals surface area (Å²) in [5.74, 6) is 0.368. The first kappa shape index (κ1) is 17.9. The smallest absolute Gasteiger partial charge is 0.334 e. The van der Waals surface area contributed by atoms with E-state index in [0.29, 0.717) is 31.9 Å². The lowest BCUT2D eigenvalue weighted by atomic mass is 9.99. The summed E-state index contributed by atoms with van der Waals surface area (Å²) in [4.78, 5) is 8.01. The number of aryl methyl sites for hydroxylation is 1. The number of hydrogen-bond acceptors (Lipinski definition) is 3. The average Bonchev–Trinajstić information content (AvgIpc) is 3.05. The Balaban J connectivity index is 1.40. The van der Waals surface area contributed by atoms with E-state index in [2.05, 4.69) is 15.3 Å². The van der Waals surface area contributed by atoms with Crippen molar-refractivity contribution in [3.8, 4) is 0 Å². The molecule has 0 fully saturated rings. The normalized spacial score (nSPS) is 17.3. The van der Waals surface area contributed by atoms with E-state index < -0.39 is 11.9 Å². The summed E-state index contributed by atoms with van der Waals surface area (Å²) in [6.07, 6.45) is -0.366. The van der Waals surface area contributed by atoms with Crippen LogP contribution in [0.3, 0.4) is 0 Å². The molecule has 0 spiro atoms. The number of imidazole rings is 1. The molecule has 142 valence electrons. The van der Waals surface area contributed by atoms with Crippen LogP contribution in [0.2, 0.25) is 0 Å². The maximum absolute atomic E-state index is 13.8. The van der Waals surface area contributed by atoms with Crippen LogP contribution in [0.5, 0.6) is 0 Å². The molecule has 1 N–H and O–H groups in total. The van der Waals surface area contributed by atoms with Crippen LogP contribution >= 0.6 is 0 Å². The number of halogens is 4. The molecule has 1 aromatic carbocycles. The van der Waals surface area contributed by atoms with Crippen molar-refractivity contribution in [1.29, 1.82) is 0 Å². The largest absolute Gasteiger partial charge is 0.434 e. The molecule has 0 bridgehead atoms. The molecular weight excluding hydrogens is 360 g/mol. The van der Waals surface area contributed by atoms with Crippen LogP contribution < -0.4 is 5.32 Å². The van der Waals surface area contributed by atoms with Gasteiger partial charge in [0.1, 0.15) is 11.6 Å². The Labute approximate surface area is 153 Å². The van der Waals surface area contributed by atoms with Crippen molar-refractivity contribution in [2.45, 2.75) is 32.1 Å². The monoisotopic (exact) mass is 378 g/mol. The van der Waals surface area contributed by atoms with Gasteiger partial charge < -0.3 is 9.88 Å². The van der Waals surface area contributed by atoms with E-state index in [-0.39, 0.29) is 11.7 Å². The summed E-state index contributed by atoms with van der Waals surface area (Å²) >= 11 is 0. The number of hydrogen-bond donors (Lipinski definition) is 1. The lowest BCUT2D eigenvalue weighted by Gasteiger charge is -2.24. The van der Waals surface area contributed by atoms with Gasteiger partial charge in [-0.05, 0) is 42.6 Å². The zero-order chi connectivity index (χ0) is 19.0. The van der Waals surface area contributed by atoms with Gasteiger partial charge in [0.05, 0.1) is 5.52 Å². The summed E-state index contributed by atoms with van der Waals surface area (Å²) in [5.41, 5.74) is 0.689. The van der Waals surface area contributed by atoms with Crippen molar-refractivity contribution in [1.82, 2.24) is 19.9 Å². The minimum Gasteiger partial charge on any atom is -0.334 e. The van der Waals surface area contributed by atoms with Crippen LogP contribution in [-0.4, -0.2) is 21.1 Å². The van der Waals surface area contributed by atoms with E-state index in [1.54, 1.807) is 16.8 Å². The van der Waals surface area contributed by atoms with Gasteiger partial charge in [-0.1, -0.05) is 6.07 Å². The Morgan fingerprint density at radius 2 is 2.11 bits per heavy atom. The molecule has 4 nitrogen and oxygen atoms in total. The molecule has 1 atom stereocenters. The lowest BCUT2D eigenvalue weighted by Crippen LogP contribution is -2.29. The summed E-state index contributed by atoms with van der Waals surface area (Å²) in [6.45, 7) is 1.57. The molecule has 0 saturated heterocycles. The first-order valence-electron chi connectivity index (χ1n) is 8.77. The summed E-state index contributed by atoms with van der Waals surface area (Å²) in [6, 6.07) is 6.49. The fourth-order valence-corrected chi connectivity index (χ4v) is 3.59. The summed E-state index contributed by atoms with van der Waals surface area (Å²) < 4.78 is 53.8. The second kappa shape index (κ2) is 6.92. The first-order valence-corrected chi connectivity index (χ1v) is 8.77. The highest BCUT2D eigenvalue weighted by Crippen LogP contribution is 2.30. The summed E-state index contributed by atoms with van der Waals surface area (Å²) in [7, 11) is 0. The zero-order valence-electron chi connectivity index (χ0n) is 14.4. The van der Waals surface area contributed by atoms with E-state index in [9.17, 15) is 17.6 Å². The van der Waals surface area contributed by atoms with Crippen molar-refractivity contribution >= 4 is 10.9 Å². The maximum Gasteiger partial charge on any atom is 0.434 e. The Morgan fingerprint density at radius 1 is 1.26 bits per heavy atom. The zero-order valence-corrected chi connectivity index (χ0v) is 14.4. The maximum atomic E-state index is 13.8. The SMILES string of the molecule is Fc1cc(CNC[C@H]2CCc3nc(C(F)(F)F)cn3C2)c2ncccc2c1. The summed E-state index contributed by atoms with van der Waals surface area (Å²) in [5, 5.41) is 4.04. The van der Waals surface area contributed by atoms with Gasteiger partial charge in [-0.25, -0.2) is 9.37 Å². The first-order chi connectivity index (χ1) is 12.9. The van der Waals surface area contributed by atoms with Crippen molar-refractivity contribution in [3.63, 3.8) is 0 Å². The molecule has 0 unspecified atom stereocenters. The number of rotatable bonds is 4. The Morgan fingerprint density at radius 3 is 2.93 bits per heavy atom. The highest BCUT2D eigenvalue weighted by Gasteiger charge is 2.35. The highest BCUT2D eigenvalue weighted by atomic mass is 19.4. The quantitative estimate of drug-likeness (QED) is 0.700. The van der Waals surface area contributed by atoms with Gasteiger partial charge in [0.25, 0.3) is 0 Å². The van der Waals surface area contributed by atoms with Crippen LogP contribution in [0.25, 0.3) is 10.9 Å². The van der Waals surface area contributed by atoms with E-state index >= 15 is 0 Å². The van der Waals surface area contributed by atoms with E-state index in [1.807, 2.05) is 6.07 Å². The highest BCUT2D eigenvalue weighted by molar-refractivity contribution is 5.81. The Bertz CT molecular complexity index is 964. The number of aromatic nitrogens is 3. The predicted molar refractivity (Wildman–Crippen MR) is 92.4 cm³/mol. The minimum atomic E-state index is -4.41. The molecule has 1 aliphatic heterocycles. The third kappa shape index (κ3) is 3.80. The molecular formula is C19H18F4N4. The molecule has 0 saturated carbocycles. The van der Waals surface area contributed by atoms with Gasteiger partial charge >= 0.3 is 6.18 Å². The van der Waals surface area contributed by atoms with Crippen molar-refractivity contribution in [3.05, 3.63) is 59.6 Å². The molecule has 27 heavy (non-hydrogen) atoms. The number of alkyl halides is 3. The number of fused-ring (bicyclic) bond motifs is 2. The van der Waals surface area contributed by atoms with Crippen LogP contribution in [0.1, 0.15) is 23.5 Å². The van der Waals surface area contributed by atoms with Gasteiger partial charge in [-0.15, -0.1) is 0 Å². The number of nitrogens with zero attached hydrogens (tertiary/aromatic N) is 3. The standard InChI is InChI=1S/C19H18F4N4/c20-15-6-13-2-1-5-25-18(13)14(7-15)9-24-8-12-3-4-17-26-16(19(21,22)23)11-27(17)10-12/h1-2,5-7,11-12,24H,3-4,8-10H2/t12-/m1/s1. The Kier molecular flexibility index (Phi) is 4.59. The molecule has 0 aliphatic carbocycles. The molecule has 8 heteroatoms. The molecule has 0 radical (unpaired) electrons. The fraction of sp³-hybridized carbons (Fsp3) is 0.368. The predicted octanol–water partition coefficient (Wildman–Crippen LogP) is 3.94. The second-order valence-corrected chi connectivity index (χ2v) is 6.87. The molecule has 1 aliphatic rings. The molecule has 0 amide bonds. The molecule has 3 heterocycles. The van der Waals surface area contributed by atoms with Gasteiger partial charge in [0, 0.05) is 37.3 Å². The molecule has 3 aromatic rings. The van der Waals surface area contributed by atoms with Crippen molar-refractivity contribution in [2.24, 2.45) is 5.92 Å². The number of pyridine rings is 1. The third-order valence-corrected chi connectivity index (χ3v) is 4.88. The van der Waals surface area contributed by atoms with Crippen LogP contribution in [-0.2, 0) is 25.7 Å². The topological polar surface area (TPSA) is 42.7 Å². The second-order valence-electron chi connectivity index (χ2n) is 6.87. The van der Waals surface area contributed by atoms with E-state index in [4.69, 9.17) is 0 Å². The van der Waals surface area contributed by atoms with E-state index in [1.165, 1.54) is 12.1 Å². The van der Waals surface area contributed by atoms with Gasteiger partial charge in [0.15, 0.2) is 5.69 Å². The number of nitrogens with one attached hydrogen (secondary N) is 1. The van der Waals surface area contributed by atoms with Gasteiger partial charge in [-0.3, -0.25) is 4.98 Å². The van der Waals surface area contributed by atoms with Gasteiger partial charge in [0.2, 0.25) is 0 Å². The number of benzene rings is 1.